The zero-order chi connectivity index (χ0) is 15.6. The van der Waals surface area contributed by atoms with Crippen LogP contribution in [0.25, 0.3) is 23.6 Å². The van der Waals surface area contributed by atoms with Crippen molar-refractivity contribution in [1.29, 1.82) is 0 Å². The average Bonchev–Trinajstić information content (AvgIpc) is 3.02. The number of aliphatic hydroxyl groups excluding tert-OH is 1. The van der Waals surface area contributed by atoms with Crippen molar-refractivity contribution in [2.75, 3.05) is 0 Å². The maximum Gasteiger partial charge on any atom is 0.134 e. The quantitative estimate of drug-likeness (QED) is 0.750. The standard InChI is InChI=1S/C20H16N2O/c23-14-15-9-11-17(12-10-15)20-19(16-6-2-1-3-7-16)21-18-8-4-5-13-22(18)20/h1-12,14,23H,13H2. The molecule has 1 aliphatic heterocycles. The van der Waals surface area contributed by atoms with Crippen LogP contribution in [-0.4, -0.2) is 14.7 Å². The second-order valence-corrected chi connectivity index (χ2v) is 5.49. The van der Waals surface area contributed by atoms with E-state index in [1.54, 1.807) is 0 Å². The topological polar surface area (TPSA) is 38.1 Å². The Bertz CT molecular complexity index is 1070. The number of hydrogen-bond donors (Lipinski definition) is 1. The van der Waals surface area contributed by atoms with Gasteiger partial charge in [-0.3, -0.25) is 0 Å². The predicted molar refractivity (Wildman–Crippen MR) is 91.7 cm³/mol. The summed E-state index contributed by atoms with van der Waals surface area (Å²) in [6.45, 7) is 0.814. The highest BCUT2D eigenvalue weighted by Gasteiger charge is 2.10. The fraction of sp³-hybridized carbons (Fsp3) is 0.0500. The fourth-order valence-electron chi connectivity index (χ4n) is 2.92. The normalized spacial score (nSPS) is 12.5. The first kappa shape index (κ1) is 13.6. The molecule has 0 radical (unpaired) electrons. The van der Waals surface area contributed by atoms with Crippen LogP contribution in [0.4, 0.5) is 0 Å². The van der Waals surface area contributed by atoms with Crippen molar-refractivity contribution < 1.29 is 5.11 Å². The van der Waals surface area contributed by atoms with Crippen LogP contribution in [0, 0.1) is 10.6 Å². The van der Waals surface area contributed by atoms with Gasteiger partial charge in [-0.2, -0.15) is 0 Å². The van der Waals surface area contributed by atoms with Gasteiger partial charge in [0.15, 0.2) is 0 Å². The lowest BCUT2D eigenvalue weighted by molar-refractivity contribution is 0.540. The molecule has 3 nitrogen and oxygen atoms in total. The van der Waals surface area contributed by atoms with Crippen molar-refractivity contribution >= 4 is 12.3 Å². The summed E-state index contributed by atoms with van der Waals surface area (Å²) in [5, 5.41) is 12.1. The monoisotopic (exact) mass is 300 g/mol. The van der Waals surface area contributed by atoms with E-state index in [9.17, 15) is 0 Å². The lowest BCUT2D eigenvalue weighted by atomic mass is 10.1. The second-order valence-electron chi connectivity index (χ2n) is 5.49. The third-order valence-electron chi connectivity index (χ3n) is 4.05. The molecule has 0 bridgehead atoms. The molecule has 0 saturated heterocycles. The SMILES string of the molecule is OC=c1ccc(=c2c(-c3ccccc3)nc3n2CC=CC=3)cc1. The van der Waals surface area contributed by atoms with Gasteiger partial charge >= 0.3 is 0 Å². The smallest absolute Gasteiger partial charge is 0.134 e. The molecule has 0 spiro atoms. The first-order valence-corrected chi connectivity index (χ1v) is 7.60. The highest BCUT2D eigenvalue weighted by Crippen LogP contribution is 2.18. The van der Waals surface area contributed by atoms with Crippen molar-refractivity contribution in [1.82, 2.24) is 9.55 Å². The van der Waals surface area contributed by atoms with E-state index in [-0.39, 0.29) is 0 Å². The second kappa shape index (κ2) is 5.61. The maximum absolute atomic E-state index is 9.13. The molecular weight excluding hydrogens is 284 g/mol. The largest absolute Gasteiger partial charge is 0.515 e. The van der Waals surface area contributed by atoms with E-state index in [4.69, 9.17) is 10.1 Å². The Kier molecular flexibility index (Phi) is 3.31. The van der Waals surface area contributed by atoms with E-state index in [1.165, 1.54) is 0 Å². The maximum atomic E-state index is 9.13. The molecule has 112 valence electrons. The molecule has 1 aromatic heterocycles. The van der Waals surface area contributed by atoms with Crippen LogP contribution in [0.5, 0.6) is 0 Å². The lowest BCUT2D eigenvalue weighted by Gasteiger charge is -2.03. The lowest BCUT2D eigenvalue weighted by Crippen LogP contribution is -2.20. The molecule has 0 unspecified atom stereocenters. The van der Waals surface area contributed by atoms with Crippen LogP contribution in [0.1, 0.15) is 0 Å². The van der Waals surface area contributed by atoms with Gasteiger partial charge in [-0.05, 0) is 6.08 Å². The summed E-state index contributed by atoms with van der Waals surface area (Å²) in [4.78, 5) is 4.84. The molecule has 0 atom stereocenters. The van der Waals surface area contributed by atoms with Crippen molar-refractivity contribution in [2.45, 2.75) is 6.54 Å². The molecule has 1 N–H and O–H groups in total. The Hall–Kier alpha value is -3.07. The van der Waals surface area contributed by atoms with E-state index in [1.807, 2.05) is 54.6 Å². The van der Waals surface area contributed by atoms with E-state index in [0.29, 0.717) is 0 Å². The zero-order valence-corrected chi connectivity index (χ0v) is 12.6. The highest BCUT2D eigenvalue weighted by atomic mass is 16.2. The van der Waals surface area contributed by atoms with Gasteiger partial charge in [0.05, 0.1) is 17.3 Å². The number of aliphatic hydroxyl groups is 1. The molecule has 0 amide bonds. The number of nitrogens with zero attached hydrogens (tertiary/aromatic N) is 2. The number of imidazole rings is 1. The zero-order valence-electron chi connectivity index (χ0n) is 12.6. The van der Waals surface area contributed by atoms with Gasteiger partial charge < -0.3 is 9.67 Å². The van der Waals surface area contributed by atoms with Crippen molar-refractivity contribution in [2.24, 2.45) is 0 Å². The Balaban J connectivity index is 2.15. The number of fused-ring (bicyclic) bond motifs is 1. The Morgan fingerprint density at radius 1 is 1.00 bits per heavy atom. The van der Waals surface area contributed by atoms with Gasteiger partial charge in [0.25, 0.3) is 0 Å². The molecule has 0 fully saturated rings. The number of benzene rings is 2. The van der Waals surface area contributed by atoms with Gasteiger partial charge in [0.1, 0.15) is 5.48 Å². The Morgan fingerprint density at radius 3 is 2.52 bits per heavy atom. The predicted octanol–water partition coefficient (Wildman–Crippen LogP) is 2.48. The summed E-state index contributed by atoms with van der Waals surface area (Å²) in [6.07, 6.45) is 7.33. The van der Waals surface area contributed by atoms with E-state index in [0.717, 1.165) is 45.3 Å². The minimum Gasteiger partial charge on any atom is -0.515 e. The molecule has 2 aromatic carbocycles. The van der Waals surface area contributed by atoms with Crippen LogP contribution >= 0.6 is 0 Å². The molecule has 0 saturated carbocycles. The summed E-state index contributed by atoms with van der Waals surface area (Å²) in [5.41, 5.74) is 3.07. The van der Waals surface area contributed by atoms with Crippen molar-refractivity contribution in [3.63, 3.8) is 0 Å². The molecule has 4 rings (SSSR count). The van der Waals surface area contributed by atoms with Crippen LogP contribution in [0.3, 0.4) is 0 Å². The van der Waals surface area contributed by atoms with Gasteiger partial charge in [-0.1, -0.05) is 66.7 Å². The van der Waals surface area contributed by atoms with Crippen LogP contribution in [0.2, 0.25) is 0 Å². The number of allylic oxidation sites excluding steroid dienone is 2. The summed E-state index contributed by atoms with van der Waals surface area (Å²) in [6, 6.07) is 18.1. The van der Waals surface area contributed by atoms with Crippen molar-refractivity contribution in [3.8, 4) is 11.3 Å². The molecule has 3 aromatic rings. The Labute approximate surface area is 133 Å². The third kappa shape index (κ3) is 2.36. The first-order valence-electron chi connectivity index (χ1n) is 7.60. The summed E-state index contributed by atoms with van der Waals surface area (Å²) in [7, 11) is 0. The molecule has 0 aliphatic carbocycles. The first-order chi connectivity index (χ1) is 11.4. The summed E-state index contributed by atoms with van der Waals surface area (Å²) in [5.74, 6) is 0. The van der Waals surface area contributed by atoms with E-state index >= 15 is 0 Å². The third-order valence-corrected chi connectivity index (χ3v) is 4.05. The number of aromatic nitrogens is 2. The van der Waals surface area contributed by atoms with E-state index < -0.39 is 0 Å². The Morgan fingerprint density at radius 2 is 1.78 bits per heavy atom. The summed E-state index contributed by atoms with van der Waals surface area (Å²) >= 11 is 0. The molecule has 23 heavy (non-hydrogen) atoms. The van der Waals surface area contributed by atoms with Gasteiger partial charge in [-0.25, -0.2) is 4.98 Å². The van der Waals surface area contributed by atoms with Gasteiger partial charge in [-0.15, -0.1) is 0 Å². The molecule has 2 heterocycles. The minimum absolute atomic E-state index is 0.792. The highest BCUT2D eigenvalue weighted by molar-refractivity contribution is 5.60. The minimum atomic E-state index is 0.792. The average molecular weight is 300 g/mol. The van der Waals surface area contributed by atoms with Gasteiger partial charge in [0.2, 0.25) is 0 Å². The molecule has 3 heteroatoms. The van der Waals surface area contributed by atoms with E-state index in [2.05, 4.69) is 22.8 Å². The van der Waals surface area contributed by atoms with Crippen LogP contribution < -0.4 is 10.7 Å². The van der Waals surface area contributed by atoms with Gasteiger partial charge in [0, 0.05) is 22.5 Å². The molecule has 1 aliphatic rings. The molecular formula is C20H16N2O. The number of hydrogen-bond acceptors (Lipinski definition) is 2. The van der Waals surface area contributed by atoms with Crippen LogP contribution in [-0.2, 0) is 6.54 Å². The van der Waals surface area contributed by atoms with Crippen LogP contribution in [0.15, 0.2) is 66.7 Å². The number of rotatable bonds is 1. The van der Waals surface area contributed by atoms with Crippen molar-refractivity contribution in [3.05, 3.63) is 88.0 Å². The fourth-order valence-corrected chi connectivity index (χ4v) is 2.92. The summed E-state index contributed by atoms with van der Waals surface area (Å²) < 4.78 is 2.22.